The molecule has 2 aromatic carbocycles. The third kappa shape index (κ3) is 8.70. The minimum absolute atomic E-state index is 0.142. The van der Waals surface area contributed by atoms with Gasteiger partial charge in [-0.2, -0.15) is 0 Å². The summed E-state index contributed by atoms with van der Waals surface area (Å²) in [7, 11) is 0. The molecule has 158 valence electrons. The van der Waals surface area contributed by atoms with E-state index in [1.54, 1.807) is 0 Å². The van der Waals surface area contributed by atoms with Crippen LogP contribution in [0.2, 0.25) is 0 Å². The van der Waals surface area contributed by atoms with Crippen molar-refractivity contribution in [3.8, 4) is 5.75 Å². The van der Waals surface area contributed by atoms with Gasteiger partial charge in [-0.1, -0.05) is 43.7 Å². The number of ether oxygens (including phenoxy) is 1. The highest BCUT2D eigenvalue weighted by atomic mass is 16.5. The fourth-order valence-corrected chi connectivity index (χ4v) is 3.41. The van der Waals surface area contributed by atoms with E-state index in [2.05, 4.69) is 44.3 Å². The van der Waals surface area contributed by atoms with Gasteiger partial charge >= 0.3 is 5.97 Å². The minimum Gasteiger partial charge on any atom is -0.494 e. The topological polar surface area (TPSA) is 58.6 Å². The zero-order valence-corrected chi connectivity index (χ0v) is 18.0. The van der Waals surface area contributed by atoms with Gasteiger partial charge in [-0.25, -0.2) is 0 Å². The Hall–Kier alpha value is -2.33. The molecule has 0 bridgehead atoms. The van der Waals surface area contributed by atoms with Crippen LogP contribution < -0.4 is 10.1 Å². The van der Waals surface area contributed by atoms with Crippen LogP contribution in [-0.4, -0.2) is 24.2 Å². The molecule has 0 aliphatic heterocycles. The van der Waals surface area contributed by atoms with Crippen LogP contribution in [0.1, 0.15) is 54.9 Å². The van der Waals surface area contributed by atoms with Gasteiger partial charge in [0.05, 0.1) is 13.0 Å². The summed E-state index contributed by atoms with van der Waals surface area (Å²) in [6, 6.07) is 14.8. The van der Waals surface area contributed by atoms with Crippen LogP contribution in [0.3, 0.4) is 0 Å². The number of aryl methyl sites for hydroxylation is 2. The highest BCUT2D eigenvalue weighted by molar-refractivity contribution is 5.66. The summed E-state index contributed by atoms with van der Waals surface area (Å²) in [6.07, 6.45) is 4.71. The van der Waals surface area contributed by atoms with Crippen molar-refractivity contribution >= 4 is 5.97 Å². The Morgan fingerprint density at radius 3 is 2.45 bits per heavy atom. The smallest absolute Gasteiger partial charge is 0.304 e. The summed E-state index contributed by atoms with van der Waals surface area (Å²) in [5.74, 6) is 0.807. The molecule has 0 saturated carbocycles. The van der Waals surface area contributed by atoms with Gasteiger partial charge in [-0.3, -0.25) is 4.79 Å². The van der Waals surface area contributed by atoms with E-state index in [4.69, 9.17) is 9.84 Å². The molecule has 2 aromatic rings. The number of benzene rings is 2. The number of hydrogen-bond donors (Lipinski definition) is 2. The van der Waals surface area contributed by atoms with Gasteiger partial charge in [0.2, 0.25) is 0 Å². The molecule has 0 saturated heterocycles. The molecule has 2 N–H and O–H groups in total. The van der Waals surface area contributed by atoms with Crippen LogP contribution in [0.5, 0.6) is 5.75 Å². The number of rotatable bonds is 13. The lowest BCUT2D eigenvalue weighted by Crippen LogP contribution is -2.17. The summed E-state index contributed by atoms with van der Waals surface area (Å²) in [6.45, 7) is 8.51. The number of aliphatic carboxylic acids is 1. The monoisotopic (exact) mass is 397 g/mol. The van der Waals surface area contributed by atoms with Crippen molar-refractivity contribution in [3.05, 3.63) is 64.7 Å². The molecule has 0 aliphatic carbocycles. The predicted molar refractivity (Wildman–Crippen MR) is 119 cm³/mol. The first-order chi connectivity index (χ1) is 14.0. The Morgan fingerprint density at radius 1 is 1.07 bits per heavy atom. The minimum atomic E-state index is -0.777. The molecule has 0 spiro atoms. The molecular weight excluding hydrogens is 362 g/mol. The van der Waals surface area contributed by atoms with E-state index in [9.17, 15) is 4.79 Å². The molecule has 1 atom stereocenters. The lowest BCUT2D eigenvalue weighted by atomic mass is 9.91. The molecule has 2 rings (SSSR count). The lowest BCUT2D eigenvalue weighted by molar-refractivity contribution is -0.136. The second-order valence-electron chi connectivity index (χ2n) is 7.85. The van der Waals surface area contributed by atoms with Crippen LogP contribution >= 0.6 is 0 Å². The number of hydrogen-bond acceptors (Lipinski definition) is 3. The first-order valence-electron chi connectivity index (χ1n) is 10.7. The van der Waals surface area contributed by atoms with E-state index in [1.165, 1.54) is 29.5 Å². The first kappa shape index (κ1) is 23.0. The van der Waals surface area contributed by atoms with E-state index < -0.39 is 5.97 Å². The van der Waals surface area contributed by atoms with E-state index in [-0.39, 0.29) is 6.42 Å². The normalized spacial score (nSPS) is 12.0. The summed E-state index contributed by atoms with van der Waals surface area (Å²) < 4.78 is 5.90. The average molecular weight is 398 g/mol. The second-order valence-corrected chi connectivity index (χ2v) is 7.85. The third-order valence-corrected chi connectivity index (χ3v) is 5.47. The SMILES string of the molecule is CC[C@H](CCCOc1ccc(CNCCC(=O)O)cc1)Cc1ccc(C)c(C)c1. The number of carbonyl (C=O) groups is 1. The van der Waals surface area contributed by atoms with Crippen LogP contribution in [0, 0.1) is 19.8 Å². The number of carboxylic acids is 1. The molecule has 4 heteroatoms. The maximum absolute atomic E-state index is 10.5. The molecule has 0 heterocycles. The van der Waals surface area contributed by atoms with Gasteiger partial charge in [0.1, 0.15) is 5.75 Å². The quantitative estimate of drug-likeness (QED) is 0.451. The summed E-state index contributed by atoms with van der Waals surface area (Å²) in [5, 5.41) is 11.8. The fourth-order valence-electron chi connectivity index (χ4n) is 3.41. The van der Waals surface area contributed by atoms with Gasteiger partial charge in [-0.15, -0.1) is 0 Å². The maximum Gasteiger partial charge on any atom is 0.304 e. The van der Waals surface area contributed by atoms with Crippen LogP contribution in [-0.2, 0) is 17.8 Å². The number of carboxylic acid groups (broad SMARTS) is 1. The zero-order chi connectivity index (χ0) is 21.1. The van der Waals surface area contributed by atoms with Gasteiger partial charge in [0.15, 0.2) is 0 Å². The summed E-state index contributed by atoms with van der Waals surface area (Å²) >= 11 is 0. The average Bonchev–Trinajstić information content (AvgIpc) is 2.71. The van der Waals surface area contributed by atoms with Crippen molar-refractivity contribution in [2.75, 3.05) is 13.2 Å². The van der Waals surface area contributed by atoms with Crippen LogP contribution in [0.25, 0.3) is 0 Å². The Kier molecular flexibility index (Phi) is 9.72. The first-order valence-corrected chi connectivity index (χ1v) is 10.7. The Bertz CT molecular complexity index is 755. The van der Waals surface area contributed by atoms with E-state index in [1.807, 2.05) is 24.3 Å². The molecule has 0 amide bonds. The molecule has 0 aliphatic rings. The third-order valence-electron chi connectivity index (χ3n) is 5.47. The van der Waals surface area contributed by atoms with Crippen molar-refractivity contribution in [3.63, 3.8) is 0 Å². The van der Waals surface area contributed by atoms with Gasteiger partial charge in [0.25, 0.3) is 0 Å². The molecule has 0 radical (unpaired) electrons. The van der Waals surface area contributed by atoms with Crippen molar-refractivity contribution in [1.82, 2.24) is 5.32 Å². The molecule has 4 nitrogen and oxygen atoms in total. The molecule has 29 heavy (non-hydrogen) atoms. The van der Waals surface area contributed by atoms with E-state index >= 15 is 0 Å². The van der Waals surface area contributed by atoms with Crippen molar-refractivity contribution in [1.29, 1.82) is 0 Å². The predicted octanol–water partition coefficient (Wildman–Crippen LogP) is 5.30. The Labute approximate surface area is 175 Å². The highest BCUT2D eigenvalue weighted by Gasteiger charge is 2.08. The largest absolute Gasteiger partial charge is 0.494 e. The van der Waals surface area contributed by atoms with E-state index in [0.29, 0.717) is 19.0 Å². The zero-order valence-electron chi connectivity index (χ0n) is 18.0. The molecule has 0 fully saturated rings. The number of nitrogens with one attached hydrogen (secondary N) is 1. The molecule has 0 aromatic heterocycles. The van der Waals surface area contributed by atoms with Gasteiger partial charge < -0.3 is 15.2 Å². The summed E-state index contributed by atoms with van der Waals surface area (Å²) in [4.78, 5) is 10.5. The van der Waals surface area contributed by atoms with Crippen molar-refractivity contribution in [2.24, 2.45) is 5.92 Å². The van der Waals surface area contributed by atoms with Crippen molar-refractivity contribution < 1.29 is 14.6 Å². The maximum atomic E-state index is 10.5. The lowest BCUT2D eigenvalue weighted by Gasteiger charge is -2.16. The van der Waals surface area contributed by atoms with Gasteiger partial charge in [0, 0.05) is 13.1 Å². The fraction of sp³-hybridized carbons (Fsp3) is 0.480. The highest BCUT2D eigenvalue weighted by Crippen LogP contribution is 2.20. The molecule has 0 unspecified atom stereocenters. The van der Waals surface area contributed by atoms with Gasteiger partial charge in [-0.05, 0) is 73.4 Å². The Balaban J connectivity index is 1.67. The standard InChI is InChI=1S/C25H35NO3/c1-4-21(17-23-8-7-19(2)20(3)16-23)6-5-15-29-24-11-9-22(10-12-24)18-26-14-13-25(27)28/h7-12,16,21,26H,4-6,13-15,17-18H2,1-3H3,(H,27,28)/t21-/m1/s1. The van der Waals surface area contributed by atoms with E-state index in [0.717, 1.165) is 30.8 Å². The Morgan fingerprint density at radius 2 is 1.79 bits per heavy atom. The molecular formula is C25H35NO3. The second kappa shape index (κ2) is 12.3. The summed E-state index contributed by atoms with van der Waals surface area (Å²) in [5.41, 5.74) is 5.30. The van der Waals surface area contributed by atoms with Crippen LogP contribution in [0.15, 0.2) is 42.5 Å². The van der Waals surface area contributed by atoms with Crippen LogP contribution in [0.4, 0.5) is 0 Å². The van der Waals surface area contributed by atoms with Crippen molar-refractivity contribution in [2.45, 2.75) is 59.4 Å².